The van der Waals surface area contributed by atoms with Gasteiger partial charge in [-0.15, -0.1) is 13.2 Å². The van der Waals surface area contributed by atoms with Gasteiger partial charge in [0.1, 0.15) is 11.8 Å². The number of carbonyl (C=O) groups excluding carboxylic acids is 1. The Morgan fingerprint density at radius 2 is 2.10 bits per heavy atom. The van der Waals surface area contributed by atoms with Gasteiger partial charge in [0, 0.05) is 5.02 Å². The summed E-state index contributed by atoms with van der Waals surface area (Å²) in [5.41, 5.74) is -0.289. The lowest BCUT2D eigenvalue weighted by Gasteiger charge is -2.12. The molecule has 0 aliphatic rings. The van der Waals surface area contributed by atoms with Crippen molar-refractivity contribution in [1.82, 2.24) is 0 Å². The van der Waals surface area contributed by atoms with Crippen LogP contribution in [-0.4, -0.2) is 18.9 Å². The molecule has 0 spiro atoms. The van der Waals surface area contributed by atoms with Gasteiger partial charge in [-0.3, -0.25) is 4.79 Å². The molecule has 0 saturated heterocycles. The van der Waals surface area contributed by atoms with Crippen molar-refractivity contribution in [1.29, 1.82) is 5.26 Å². The number of halogens is 4. The van der Waals surface area contributed by atoms with Gasteiger partial charge in [-0.25, -0.2) is 0 Å². The number of benzene rings is 1. The number of rotatable bonds is 4. The highest BCUT2D eigenvalue weighted by molar-refractivity contribution is 6.31. The Kier molecular flexibility index (Phi) is 5.22. The highest BCUT2D eigenvalue weighted by Crippen LogP contribution is 2.31. The summed E-state index contributed by atoms with van der Waals surface area (Å²) in [4.78, 5) is 11.3. The number of nitrogens with zero attached hydrogens (tertiary/aromatic N) is 1. The van der Waals surface area contributed by atoms with Gasteiger partial charge in [0.25, 0.3) is 0 Å². The van der Waals surface area contributed by atoms with Crippen molar-refractivity contribution in [3.8, 4) is 11.8 Å². The van der Waals surface area contributed by atoms with E-state index in [-0.39, 0.29) is 29.2 Å². The lowest BCUT2D eigenvalue weighted by atomic mass is 10.1. The van der Waals surface area contributed by atoms with E-state index < -0.39 is 18.1 Å². The molecule has 0 unspecified atom stereocenters. The fraction of sp³-hybridized carbons (Fsp3) is 0.333. The first-order chi connectivity index (χ1) is 9.26. The number of nitriles is 1. The second-order valence-corrected chi connectivity index (χ2v) is 3.99. The van der Waals surface area contributed by atoms with Crippen LogP contribution in [0.15, 0.2) is 12.1 Å². The highest BCUT2D eigenvalue weighted by atomic mass is 35.5. The summed E-state index contributed by atoms with van der Waals surface area (Å²) in [5.74, 6) is -1.35. The van der Waals surface area contributed by atoms with Crippen LogP contribution in [0.3, 0.4) is 0 Å². The molecule has 4 nitrogen and oxygen atoms in total. The number of hydrogen-bond acceptors (Lipinski definition) is 4. The molecule has 0 aliphatic heterocycles. The zero-order chi connectivity index (χ0) is 15.3. The van der Waals surface area contributed by atoms with E-state index >= 15 is 0 Å². The van der Waals surface area contributed by atoms with Crippen molar-refractivity contribution in [2.45, 2.75) is 19.7 Å². The molecule has 20 heavy (non-hydrogen) atoms. The maximum absolute atomic E-state index is 12.2. The molecule has 0 atom stereocenters. The molecule has 0 fully saturated rings. The van der Waals surface area contributed by atoms with Gasteiger partial charge >= 0.3 is 12.3 Å². The minimum absolute atomic E-state index is 0.0101. The van der Waals surface area contributed by atoms with Crippen molar-refractivity contribution in [2.75, 3.05) is 6.61 Å². The fourth-order valence-corrected chi connectivity index (χ4v) is 1.63. The molecule has 1 aromatic carbocycles. The lowest BCUT2D eigenvalue weighted by molar-refractivity contribution is -0.274. The second kappa shape index (κ2) is 6.48. The molecule has 0 amide bonds. The van der Waals surface area contributed by atoms with Gasteiger partial charge in [-0.1, -0.05) is 11.6 Å². The number of ether oxygens (including phenoxy) is 2. The number of carbonyl (C=O) groups is 1. The Bertz CT molecular complexity index is 552. The minimum Gasteiger partial charge on any atom is -0.466 e. The molecule has 1 rings (SSSR count). The quantitative estimate of drug-likeness (QED) is 0.801. The molecule has 8 heteroatoms. The molecular weight excluding hydrogens is 299 g/mol. The van der Waals surface area contributed by atoms with E-state index in [1.807, 2.05) is 0 Å². The van der Waals surface area contributed by atoms with Crippen molar-refractivity contribution in [3.63, 3.8) is 0 Å². The molecule has 0 heterocycles. The van der Waals surface area contributed by atoms with Gasteiger partial charge in [0.2, 0.25) is 0 Å². The largest absolute Gasteiger partial charge is 0.573 e. The van der Waals surface area contributed by atoms with E-state index in [0.717, 1.165) is 12.1 Å². The van der Waals surface area contributed by atoms with Crippen LogP contribution in [-0.2, 0) is 16.0 Å². The standard InChI is InChI=1S/C12H9ClF3NO3/c1-2-19-11(18)5-7-4-10(20-12(14,15)16)8(6-17)3-9(7)13/h3-4H,2,5H2,1H3. The van der Waals surface area contributed by atoms with Crippen LogP contribution in [0.25, 0.3) is 0 Å². The molecule has 108 valence electrons. The van der Waals surface area contributed by atoms with E-state index in [1.165, 1.54) is 6.07 Å². The van der Waals surface area contributed by atoms with E-state index in [2.05, 4.69) is 9.47 Å². The Balaban J connectivity index is 3.11. The average molecular weight is 308 g/mol. The van der Waals surface area contributed by atoms with Crippen LogP contribution in [0, 0.1) is 11.3 Å². The first kappa shape index (κ1) is 16.1. The number of hydrogen-bond donors (Lipinski definition) is 0. The Morgan fingerprint density at radius 1 is 1.45 bits per heavy atom. The molecular formula is C12H9ClF3NO3. The van der Waals surface area contributed by atoms with Crippen LogP contribution < -0.4 is 4.74 Å². The monoisotopic (exact) mass is 307 g/mol. The summed E-state index contributed by atoms with van der Waals surface area (Å²) >= 11 is 5.80. The van der Waals surface area contributed by atoms with Gasteiger partial charge in [-0.2, -0.15) is 5.26 Å². The summed E-state index contributed by atoms with van der Waals surface area (Å²) in [5, 5.41) is 8.74. The summed E-state index contributed by atoms with van der Waals surface area (Å²) in [6.45, 7) is 1.73. The third-order valence-corrected chi connectivity index (χ3v) is 2.49. The lowest BCUT2D eigenvalue weighted by Crippen LogP contribution is -2.18. The third kappa shape index (κ3) is 4.63. The van der Waals surface area contributed by atoms with E-state index in [9.17, 15) is 18.0 Å². The maximum Gasteiger partial charge on any atom is 0.573 e. The SMILES string of the molecule is CCOC(=O)Cc1cc(OC(F)(F)F)c(C#N)cc1Cl. The number of alkyl halides is 3. The van der Waals surface area contributed by atoms with Crippen LogP contribution >= 0.6 is 11.6 Å². The van der Waals surface area contributed by atoms with E-state index in [0.29, 0.717) is 0 Å². The van der Waals surface area contributed by atoms with Crippen LogP contribution in [0.5, 0.6) is 5.75 Å². The normalized spacial score (nSPS) is 10.8. The van der Waals surface area contributed by atoms with Crippen molar-refractivity contribution >= 4 is 17.6 Å². The average Bonchev–Trinajstić information content (AvgIpc) is 2.31. The summed E-state index contributed by atoms with van der Waals surface area (Å²) in [6.07, 6.45) is -5.26. The molecule has 1 aromatic rings. The fourth-order valence-electron chi connectivity index (χ4n) is 1.39. The minimum atomic E-state index is -4.94. The molecule has 0 radical (unpaired) electrons. The zero-order valence-electron chi connectivity index (χ0n) is 10.3. The first-order valence-corrected chi connectivity index (χ1v) is 5.78. The van der Waals surface area contributed by atoms with Gasteiger partial charge < -0.3 is 9.47 Å². The molecule has 0 saturated carbocycles. The first-order valence-electron chi connectivity index (χ1n) is 5.40. The topological polar surface area (TPSA) is 59.3 Å². The van der Waals surface area contributed by atoms with Gasteiger partial charge in [-0.05, 0) is 24.6 Å². The smallest absolute Gasteiger partial charge is 0.466 e. The Labute approximate surface area is 117 Å². The molecule has 0 N–H and O–H groups in total. The predicted molar refractivity (Wildman–Crippen MR) is 63.2 cm³/mol. The summed E-state index contributed by atoms with van der Waals surface area (Å²) in [6, 6.07) is 3.46. The molecule has 0 aromatic heterocycles. The summed E-state index contributed by atoms with van der Waals surface area (Å²) < 4.78 is 45.1. The van der Waals surface area contributed by atoms with Gasteiger partial charge in [0.15, 0.2) is 0 Å². The molecule has 0 bridgehead atoms. The van der Waals surface area contributed by atoms with Crippen molar-refractivity contribution in [2.24, 2.45) is 0 Å². The maximum atomic E-state index is 12.2. The second-order valence-electron chi connectivity index (χ2n) is 3.58. The predicted octanol–water partition coefficient (Wildman–Crippen LogP) is 3.22. The highest BCUT2D eigenvalue weighted by Gasteiger charge is 2.32. The van der Waals surface area contributed by atoms with Crippen LogP contribution in [0.1, 0.15) is 18.1 Å². The van der Waals surface area contributed by atoms with E-state index in [1.54, 1.807) is 6.92 Å². The number of esters is 1. The van der Waals surface area contributed by atoms with Crippen molar-refractivity contribution < 1.29 is 27.4 Å². The summed E-state index contributed by atoms with van der Waals surface area (Å²) in [7, 11) is 0. The van der Waals surface area contributed by atoms with E-state index in [4.69, 9.17) is 16.9 Å². The van der Waals surface area contributed by atoms with Crippen LogP contribution in [0.2, 0.25) is 5.02 Å². The van der Waals surface area contributed by atoms with Crippen LogP contribution in [0.4, 0.5) is 13.2 Å². The zero-order valence-corrected chi connectivity index (χ0v) is 11.0. The molecule has 0 aliphatic carbocycles. The third-order valence-electron chi connectivity index (χ3n) is 2.13. The van der Waals surface area contributed by atoms with Crippen molar-refractivity contribution in [3.05, 3.63) is 28.3 Å². The van der Waals surface area contributed by atoms with Gasteiger partial charge in [0.05, 0.1) is 18.6 Å². The Hall–Kier alpha value is -1.94. The Morgan fingerprint density at radius 3 is 2.60 bits per heavy atom.